The van der Waals surface area contributed by atoms with Gasteiger partial charge < -0.3 is 47.6 Å². The molecule has 6 aromatic carbocycles. The first-order valence-electron chi connectivity index (χ1n) is 17.8. The van der Waals surface area contributed by atoms with Crippen molar-refractivity contribution in [2.75, 3.05) is 38.3 Å². The largest absolute Gasteiger partial charge is 1.00 e. The lowest BCUT2D eigenvalue weighted by Gasteiger charge is -2.20. The minimum Gasteiger partial charge on any atom is -1.00 e. The molecule has 2 N–H and O–H groups in total. The highest BCUT2D eigenvalue weighted by Gasteiger charge is 2.34. The van der Waals surface area contributed by atoms with Crippen LogP contribution in [0.4, 0.5) is 0 Å². The Morgan fingerprint density at radius 3 is 0.984 bits per heavy atom. The number of carbonyl (C=O) groups is 2. The van der Waals surface area contributed by atoms with Gasteiger partial charge in [-0.15, -0.1) is 27.5 Å². The van der Waals surface area contributed by atoms with Crippen molar-refractivity contribution in [3.8, 4) is 0 Å². The number of halogens is 3. The Morgan fingerprint density at radius 1 is 0.587 bits per heavy atom. The summed E-state index contributed by atoms with van der Waals surface area (Å²) in [4.78, 5) is 31.0. The molecule has 0 fully saturated rings. The smallest absolute Gasteiger partial charge is 0.343 e. The van der Waals surface area contributed by atoms with E-state index in [0.717, 1.165) is 22.3 Å². The van der Waals surface area contributed by atoms with Crippen LogP contribution in [0.25, 0.3) is 0 Å². The highest BCUT2D eigenvalue weighted by atomic mass is 127. The fraction of sp³-hybridized carbons (Fsp3) is 0.136. The van der Waals surface area contributed by atoms with E-state index in [4.69, 9.17) is 47.7 Å². The lowest BCUT2D eigenvalue weighted by molar-refractivity contribution is -0.634. The van der Waals surface area contributed by atoms with Gasteiger partial charge in [0.25, 0.3) is 10.1 Å². The molecule has 6 rings (SSSR count). The van der Waals surface area contributed by atoms with Gasteiger partial charge in [0.2, 0.25) is 0 Å². The molecule has 6 aromatic rings. The highest BCUT2D eigenvalue weighted by Crippen LogP contribution is 2.34. The molecule has 0 unspecified atom stereocenters. The molecule has 0 heterocycles. The summed E-state index contributed by atoms with van der Waals surface area (Å²) in [6.45, 7) is 0. The number of carbonyl (C=O) groups excluding carboxylic acids is 2. The molecule has 0 aliphatic rings. The second kappa shape index (κ2) is 28.9. The average Bonchev–Trinajstić information content (AvgIpc) is 3.28. The fourth-order valence-corrected chi connectivity index (χ4v) is 9.30. The zero-order chi connectivity index (χ0) is 46.2. The van der Waals surface area contributed by atoms with Gasteiger partial charge in [0, 0.05) is 12.5 Å². The normalized spacial score (nSPS) is 11.1. The van der Waals surface area contributed by atoms with Crippen LogP contribution in [0.15, 0.2) is 199 Å². The van der Waals surface area contributed by atoms with Gasteiger partial charge in [-0.1, -0.05) is 97.1 Å². The summed E-state index contributed by atoms with van der Waals surface area (Å²) in [5.74, 6) is -0.602. The Kier molecular flexibility index (Phi) is 26.2. The van der Waals surface area contributed by atoms with Crippen molar-refractivity contribution in [2.24, 2.45) is 0 Å². The standard InChI is InChI=1S/2C20H17O2S.C2H8O4S.CH2Cl2.CH4O4S.HI/c2*1-22-20(21)18-14-8-9-15-19(18)23(16-10-4-2-5-11-16)17-12-6-3-7-13-17;1-7(2,4,5)6-3;2-1-3;1-6(3,4)5-2;/h2*2-15H,1H3;3H,1-2H3,(H,4,5);1H2;2H,1H3;1H/q2*+1;;;;/p-2. The first-order valence-corrected chi connectivity index (χ1v) is 25.8. The number of benzene rings is 6. The molecule has 0 aliphatic carbocycles. The monoisotopic (exact) mass is 1090 g/mol. The number of alkyl halides is 2. The number of esters is 2. The van der Waals surface area contributed by atoms with Crippen LogP contribution in [0.3, 0.4) is 0 Å². The van der Waals surface area contributed by atoms with Gasteiger partial charge in [-0.25, -0.2) is 27.5 Å². The van der Waals surface area contributed by atoms with E-state index in [0.29, 0.717) is 17.4 Å². The van der Waals surface area contributed by atoms with Gasteiger partial charge in [0.1, 0.15) is 42.5 Å². The van der Waals surface area contributed by atoms with E-state index in [9.17, 15) is 22.2 Å². The third-order valence-corrected chi connectivity index (χ3v) is 12.5. The van der Waals surface area contributed by atoms with Crippen LogP contribution in [-0.4, -0.2) is 72.7 Å². The molecule has 0 aromatic heterocycles. The molecule has 0 amide bonds. The maximum atomic E-state index is 12.2. The zero-order valence-electron chi connectivity index (χ0n) is 34.6. The molecule has 19 heteroatoms. The Bertz CT molecular complexity index is 2200. The third-order valence-electron chi connectivity index (χ3n) is 7.28. The summed E-state index contributed by atoms with van der Waals surface area (Å²) in [5, 5.41) is 16.7. The van der Waals surface area contributed by atoms with Crippen LogP contribution in [0.1, 0.15) is 20.7 Å². The lowest BCUT2D eigenvalue weighted by atomic mass is 10.2. The summed E-state index contributed by atoms with van der Waals surface area (Å²) >= 11 is 9.53. The predicted octanol–water partition coefficient (Wildman–Crippen LogP) is 5.74. The van der Waals surface area contributed by atoms with E-state index in [1.54, 1.807) is 0 Å². The van der Waals surface area contributed by atoms with Crippen LogP contribution < -0.4 is 29.2 Å². The van der Waals surface area contributed by atoms with E-state index in [-0.39, 0.29) is 63.0 Å². The van der Waals surface area contributed by atoms with Gasteiger partial charge in [0.05, 0.1) is 25.8 Å². The third kappa shape index (κ3) is 21.1. The second-order valence-electron chi connectivity index (χ2n) is 12.4. The Labute approximate surface area is 401 Å². The highest BCUT2D eigenvalue weighted by molar-refractivity contribution is 8.09. The lowest BCUT2D eigenvalue weighted by Crippen LogP contribution is -3.00. The first-order chi connectivity index (χ1) is 29.4. The van der Waals surface area contributed by atoms with Crippen LogP contribution >= 0.6 is 23.2 Å². The van der Waals surface area contributed by atoms with Crippen LogP contribution in [0.2, 0.25) is 0 Å². The molecule has 340 valence electrons. The molecule has 0 aliphatic heterocycles. The topological polar surface area (TPSA) is 186 Å². The molecule has 0 radical (unpaired) electrons. The van der Waals surface area contributed by atoms with Crippen molar-refractivity contribution in [2.45, 2.75) is 29.4 Å². The minimum absolute atomic E-state index is 0. The molecule has 0 bridgehead atoms. The predicted molar refractivity (Wildman–Crippen MR) is 244 cm³/mol. The van der Waals surface area contributed by atoms with Crippen molar-refractivity contribution in [3.63, 3.8) is 0 Å². The van der Waals surface area contributed by atoms with E-state index in [1.165, 1.54) is 33.8 Å². The maximum absolute atomic E-state index is 12.2. The number of methoxy groups -OCH3 is 2. The van der Waals surface area contributed by atoms with Gasteiger partial charge in [0.15, 0.2) is 29.4 Å². The average molecular weight is 1090 g/mol. The maximum Gasteiger partial charge on any atom is 0.343 e. The quantitative estimate of drug-likeness (QED) is 0.0424. The summed E-state index contributed by atoms with van der Waals surface area (Å²) < 4.78 is 53.4. The number of ether oxygens (including phenoxy) is 2. The van der Waals surface area contributed by atoms with Gasteiger partial charge in [-0.05, 0) is 72.8 Å². The van der Waals surface area contributed by atoms with Crippen LogP contribution in [0, 0.1) is 0 Å². The SMILES string of the molecule is COC(=O)c1ccccc1[S+](c1ccccc1)c1ccccc1.COC(=O)c1ccccc1[S+](c1ccccc1)c1ccccc1.CS(=O)(=O)O[O-].CS(C)(=O)(O)OO.ClCCl.[I-]. The molecule has 0 atom stereocenters. The van der Waals surface area contributed by atoms with Crippen molar-refractivity contribution >= 4 is 76.7 Å². The van der Waals surface area contributed by atoms with Crippen molar-refractivity contribution in [1.82, 2.24) is 0 Å². The second-order valence-corrected chi connectivity index (χ2v) is 22.3. The van der Waals surface area contributed by atoms with Crippen molar-refractivity contribution < 1.29 is 79.4 Å². The van der Waals surface area contributed by atoms with Crippen molar-refractivity contribution in [1.29, 1.82) is 0 Å². The molecule has 0 saturated carbocycles. The minimum atomic E-state index is -4.06. The number of hydrogen-bond donors (Lipinski definition) is 2. The number of rotatable bonds is 10. The Morgan fingerprint density at radius 2 is 0.794 bits per heavy atom. The molecule has 63 heavy (non-hydrogen) atoms. The number of hydrogen-bond acceptors (Lipinski definition) is 11. The van der Waals surface area contributed by atoms with E-state index in [1.807, 2.05) is 121 Å². The van der Waals surface area contributed by atoms with Gasteiger partial charge in [-0.3, -0.25) is 0 Å². The molecular weight excluding hydrogens is 1050 g/mol. The van der Waals surface area contributed by atoms with Crippen LogP contribution in [-0.2, 0) is 59.7 Å². The van der Waals surface area contributed by atoms with E-state index in [2.05, 4.69) is 57.2 Å². The fourth-order valence-electron chi connectivity index (χ4n) is 4.85. The van der Waals surface area contributed by atoms with Gasteiger partial charge >= 0.3 is 11.9 Å². The van der Waals surface area contributed by atoms with Crippen LogP contribution in [0.5, 0.6) is 0 Å². The summed E-state index contributed by atoms with van der Waals surface area (Å²) in [7, 11) is -5.64. The van der Waals surface area contributed by atoms with E-state index >= 15 is 0 Å². The Hall–Kier alpha value is -3.83. The molecular formula is C44H47Cl2IO12S4. The molecule has 0 saturated heterocycles. The molecule has 0 spiro atoms. The molecule has 12 nitrogen and oxygen atoms in total. The Balaban J connectivity index is 0.000000466. The zero-order valence-corrected chi connectivity index (χ0v) is 41.6. The first kappa shape index (κ1) is 57.2. The van der Waals surface area contributed by atoms with Crippen molar-refractivity contribution in [3.05, 3.63) is 181 Å². The summed E-state index contributed by atoms with van der Waals surface area (Å²) in [5.41, 5.74) is 1.23. The summed E-state index contributed by atoms with van der Waals surface area (Å²) in [6.07, 6.45) is 2.48. The van der Waals surface area contributed by atoms with E-state index < -0.39 is 19.7 Å². The van der Waals surface area contributed by atoms with Gasteiger partial charge in [-0.2, -0.15) is 0 Å². The summed E-state index contributed by atoms with van der Waals surface area (Å²) in [6, 6.07) is 56.4.